The SMILES string of the molecule is NCc1cc(Cl)ccc1OCc1ccc(Cl)s1. The Morgan fingerprint density at radius 2 is 2.00 bits per heavy atom. The van der Waals surface area contributed by atoms with Crippen LogP contribution < -0.4 is 10.5 Å². The lowest BCUT2D eigenvalue weighted by atomic mass is 10.2. The van der Waals surface area contributed by atoms with Crippen molar-refractivity contribution < 1.29 is 4.74 Å². The van der Waals surface area contributed by atoms with E-state index < -0.39 is 0 Å². The molecule has 0 amide bonds. The molecule has 2 N–H and O–H groups in total. The molecule has 0 aliphatic carbocycles. The average Bonchev–Trinajstić information content (AvgIpc) is 2.73. The van der Waals surface area contributed by atoms with Gasteiger partial charge in [-0.05, 0) is 30.3 Å². The predicted octanol–water partition coefficient (Wildman–Crippen LogP) is 4.09. The minimum atomic E-state index is 0.404. The second-order valence-electron chi connectivity index (χ2n) is 3.45. The Hall–Kier alpha value is -0.740. The summed E-state index contributed by atoms with van der Waals surface area (Å²) in [4.78, 5) is 1.08. The minimum absolute atomic E-state index is 0.404. The Labute approximate surface area is 114 Å². The standard InChI is InChI=1S/C12H11Cl2NOS/c13-9-1-3-11(8(5-9)6-15)16-7-10-2-4-12(14)17-10/h1-5H,6-7,15H2. The third kappa shape index (κ3) is 3.36. The molecule has 0 radical (unpaired) electrons. The Balaban J connectivity index is 2.08. The summed E-state index contributed by atoms with van der Waals surface area (Å²) in [5.74, 6) is 0.765. The summed E-state index contributed by atoms with van der Waals surface area (Å²) in [6.45, 7) is 0.896. The van der Waals surface area contributed by atoms with Gasteiger partial charge in [0.25, 0.3) is 0 Å². The lowest BCUT2D eigenvalue weighted by Gasteiger charge is -2.09. The molecule has 0 atom stereocenters. The first-order valence-electron chi connectivity index (χ1n) is 5.04. The van der Waals surface area contributed by atoms with Crippen LogP contribution in [0.3, 0.4) is 0 Å². The highest BCUT2D eigenvalue weighted by Gasteiger charge is 2.05. The topological polar surface area (TPSA) is 35.2 Å². The molecular weight excluding hydrogens is 277 g/mol. The molecule has 1 heterocycles. The van der Waals surface area contributed by atoms with Crippen molar-refractivity contribution >= 4 is 34.5 Å². The second-order valence-corrected chi connectivity index (χ2v) is 5.69. The van der Waals surface area contributed by atoms with E-state index in [9.17, 15) is 0 Å². The number of ether oxygens (including phenoxy) is 1. The molecule has 1 aromatic carbocycles. The average molecular weight is 288 g/mol. The molecule has 0 fully saturated rings. The summed E-state index contributed by atoms with van der Waals surface area (Å²) in [5.41, 5.74) is 6.54. The Morgan fingerprint density at radius 1 is 1.18 bits per heavy atom. The number of rotatable bonds is 4. The van der Waals surface area contributed by atoms with Gasteiger partial charge in [-0.1, -0.05) is 23.2 Å². The summed E-state index contributed by atoms with van der Waals surface area (Å²) in [6.07, 6.45) is 0. The molecule has 2 nitrogen and oxygen atoms in total. The van der Waals surface area contributed by atoms with E-state index >= 15 is 0 Å². The summed E-state index contributed by atoms with van der Waals surface area (Å²) >= 11 is 13.2. The maximum absolute atomic E-state index is 5.89. The molecule has 0 bridgehead atoms. The molecule has 5 heteroatoms. The van der Waals surface area contributed by atoms with Gasteiger partial charge in [0.05, 0.1) is 4.34 Å². The number of halogens is 2. The number of nitrogens with two attached hydrogens (primary N) is 1. The third-order valence-corrected chi connectivity index (χ3v) is 3.68. The Bertz CT molecular complexity index is 513. The number of thiophene rings is 1. The molecule has 0 saturated heterocycles. The van der Waals surface area contributed by atoms with Crippen LogP contribution in [0.25, 0.3) is 0 Å². The van der Waals surface area contributed by atoms with E-state index in [1.54, 1.807) is 6.07 Å². The van der Waals surface area contributed by atoms with Crippen molar-refractivity contribution in [2.75, 3.05) is 0 Å². The molecular formula is C12H11Cl2NOS. The van der Waals surface area contributed by atoms with Crippen molar-refractivity contribution in [3.05, 3.63) is 50.1 Å². The fourth-order valence-corrected chi connectivity index (χ4v) is 2.62. The van der Waals surface area contributed by atoms with E-state index in [0.29, 0.717) is 18.2 Å². The van der Waals surface area contributed by atoms with Gasteiger partial charge in [0.15, 0.2) is 0 Å². The normalized spacial score (nSPS) is 10.5. The van der Waals surface area contributed by atoms with Crippen LogP contribution in [0.2, 0.25) is 9.36 Å². The van der Waals surface area contributed by atoms with E-state index in [1.807, 2.05) is 24.3 Å². The highest BCUT2D eigenvalue weighted by Crippen LogP contribution is 2.26. The van der Waals surface area contributed by atoms with Crippen molar-refractivity contribution in [2.45, 2.75) is 13.2 Å². The van der Waals surface area contributed by atoms with Crippen molar-refractivity contribution in [1.29, 1.82) is 0 Å². The fraction of sp³-hybridized carbons (Fsp3) is 0.167. The Morgan fingerprint density at radius 3 is 2.65 bits per heavy atom. The van der Waals surface area contributed by atoms with Gasteiger partial charge in [0.1, 0.15) is 12.4 Å². The zero-order valence-corrected chi connectivity index (χ0v) is 11.3. The smallest absolute Gasteiger partial charge is 0.124 e. The van der Waals surface area contributed by atoms with Crippen LogP contribution >= 0.6 is 34.5 Å². The summed E-state index contributed by atoms with van der Waals surface area (Å²) in [6, 6.07) is 9.25. The van der Waals surface area contributed by atoms with Crippen LogP contribution in [0.5, 0.6) is 5.75 Å². The van der Waals surface area contributed by atoms with Crippen molar-refractivity contribution in [2.24, 2.45) is 5.73 Å². The van der Waals surface area contributed by atoms with Crippen LogP contribution in [0.15, 0.2) is 30.3 Å². The van der Waals surface area contributed by atoms with Crippen LogP contribution in [-0.2, 0) is 13.2 Å². The zero-order valence-electron chi connectivity index (χ0n) is 8.95. The number of hydrogen-bond donors (Lipinski definition) is 1. The molecule has 17 heavy (non-hydrogen) atoms. The molecule has 1 aromatic heterocycles. The predicted molar refractivity (Wildman–Crippen MR) is 73.0 cm³/mol. The Kier molecular flexibility index (Phi) is 4.29. The minimum Gasteiger partial charge on any atom is -0.488 e. The van der Waals surface area contributed by atoms with Crippen molar-refractivity contribution in [3.63, 3.8) is 0 Å². The van der Waals surface area contributed by atoms with Gasteiger partial charge >= 0.3 is 0 Å². The summed E-state index contributed by atoms with van der Waals surface area (Å²) in [5, 5.41) is 0.664. The van der Waals surface area contributed by atoms with Gasteiger partial charge in [-0.15, -0.1) is 11.3 Å². The first-order chi connectivity index (χ1) is 8.19. The first-order valence-corrected chi connectivity index (χ1v) is 6.62. The highest BCUT2D eigenvalue weighted by molar-refractivity contribution is 7.16. The second kappa shape index (κ2) is 5.74. The molecule has 0 aliphatic heterocycles. The number of hydrogen-bond acceptors (Lipinski definition) is 3. The summed E-state index contributed by atoms with van der Waals surface area (Å²) in [7, 11) is 0. The molecule has 90 valence electrons. The van der Waals surface area contributed by atoms with E-state index in [-0.39, 0.29) is 0 Å². The van der Waals surface area contributed by atoms with Gasteiger partial charge in [0.2, 0.25) is 0 Å². The highest BCUT2D eigenvalue weighted by atomic mass is 35.5. The van der Waals surface area contributed by atoms with Gasteiger partial charge in [-0.25, -0.2) is 0 Å². The maximum atomic E-state index is 5.89. The molecule has 0 saturated carbocycles. The number of benzene rings is 1. The van der Waals surface area contributed by atoms with Crippen LogP contribution in [0.4, 0.5) is 0 Å². The van der Waals surface area contributed by atoms with Gasteiger partial charge in [-0.2, -0.15) is 0 Å². The summed E-state index contributed by atoms with van der Waals surface area (Å²) < 4.78 is 6.46. The van der Waals surface area contributed by atoms with Crippen molar-refractivity contribution in [3.8, 4) is 5.75 Å². The molecule has 0 spiro atoms. The van der Waals surface area contributed by atoms with Gasteiger partial charge in [0, 0.05) is 22.0 Å². The van der Waals surface area contributed by atoms with Crippen LogP contribution in [0.1, 0.15) is 10.4 Å². The van der Waals surface area contributed by atoms with Gasteiger partial charge in [-0.3, -0.25) is 0 Å². The molecule has 2 aromatic rings. The maximum Gasteiger partial charge on any atom is 0.124 e. The fourth-order valence-electron chi connectivity index (χ4n) is 1.43. The monoisotopic (exact) mass is 287 g/mol. The molecule has 2 rings (SSSR count). The lowest BCUT2D eigenvalue weighted by Crippen LogP contribution is -2.02. The molecule has 0 aliphatic rings. The van der Waals surface area contributed by atoms with Gasteiger partial charge < -0.3 is 10.5 Å². The van der Waals surface area contributed by atoms with Crippen LogP contribution in [-0.4, -0.2) is 0 Å². The lowest BCUT2D eigenvalue weighted by molar-refractivity contribution is 0.306. The third-order valence-electron chi connectivity index (χ3n) is 2.24. The quantitative estimate of drug-likeness (QED) is 0.919. The van der Waals surface area contributed by atoms with E-state index in [2.05, 4.69) is 0 Å². The van der Waals surface area contributed by atoms with Crippen LogP contribution in [0, 0.1) is 0 Å². The molecule has 0 unspecified atom stereocenters. The van der Waals surface area contributed by atoms with E-state index in [4.69, 9.17) is 33.7 Å². The van der Waals surface area contributed by atoms with E-state index in [0.717, 1.165) is 20.5 Å². The first kappa shape index (κ1) is 12.7. The van der Waals surface area contributed by atoms with E-state index in [1.165, 1.54) is 11.3 Å². The zero-order chi connectivity index (χ0) is 12.3. The van der Waals surface area contributed by atoms with Crippen molar-refractivity contribution in [1.82, 2.24) is 0 Å². The largest absolute Gasteiger partial charge is 0.488 e.